The van der Waals surface area contributed by atoms with Crippen LogP contribution in [-0.2, 0) is 4.79 Å². The predicted octanol–water partition coefficient (Wildman–Crippen LogP) is -2.63. The van der Waals surface area contributed by atoms with Gasteiger partial charge in [-0.15, -0.1) is 0 Å². The molecule has 5 heteroatoms. The number of aliphatic hydroxyl groups excluding tert-OH is 2. The van der Waals surface area contributed by atoms with Crippen molar-refractivity contribution in [2.24, 2.45) is 5.73 Å². The molecule has 0 bridgehead atoms. The van der Waals surface area contributed by atoms with Gasteiger partial charge in [-0.3, -0.25) is 4.79 Å². The molecule has 0 aromatic rings. The number of carbonyl (C=O) groups excluding carboxylic acids is 1. The first-order chi connectivity index (χ1) is 5.02. The van der Waals surface area contributed by atoms with E-state index in [2.05, 4.69) is 0 Å². The van der Waals surface area contributed by atoms with Crippen LogP contribution in [0.1, 0.15) is 6.42 Å². The second-order valence-electron chi connectivity index (χ2n) is 2.80. The maximum Gasteiger partial charge on any atom is 0.196 e. The normalized spacial score (nSPS) is 44.9. The van der Waals surface area contributed by atoms with Gasteiger partial charge in [-0.2, -0.15) is 0 Å². The molecule has 1 rings (SSSR count). The third kappa shape index (κ3) is 1.06. The van der Waals surface area contributed by atoms with Gasteiger partial charge >= 0.3 is 0 Å². The number of Topliss-reactive ketones (excluding diaryl/α,β-unsaturated/α-hetero) is 1. The Morgan fingerprint density at radius 3 is 2.45 bits per heavy atom. The molecule has 0 heterocycles. The summed E-state index contributed by atoms with van der Waals surface area (Å²) < 4.78 is 0. The zero-order valence-corrected chi connectivity index (χ0v) is 5.90. The summed E-state index contributed by atoms with van der Waals surface area (Å²) in [6.45, 7) is -0.732. The molecule has 5 N–H and O–H groups in total. The Morgan fingerprint density at radius 1 is 1.73 bits per heavy atom. The third-order valence-corrected chi connectivity index (χ3v) is 2.06. The van der Waals surface area contributed by atoms with Crippen LogP contribution in [0.3, 0.4) is 0 Å². The van der Waals surface area contributed by atoms with Crippen molar-refractivity contribution >= 4 is 5.78 Å². The van der Waals surface area contributed by atoms with Crippen LogP contribution >= 0.6 is 0 Å². The van der Waals surface area contributed by atoms with Crippen molar-refractivity contribution in [2.45, 2.75) is 24.2 Å². The van der Waals surface area contributed by atoms with Crippen LogP contribution in [0, 0.1) is 0 Å². The van der Waals surface area contributed by atoms with Gasteiger partial charge in [0.2, 0.25) is 0 Å². The molecule has 1 saturated carbocycles. The molecule has 1 aliphatic rings. The van der Waals surface area contributed by atoms with E-state index in [4.69, 9.17) is 15.9 Å². The Balaban J connectivity index is 2.87. The number of carbonyl (C=O) groups is 1. The molecule has 0 aliphatic heterocycles. The lowest BCUT2D eigenvalue weighted by Crippen LogP contribution is -2.52. The van der Waals surface area contributed by atoms with Gasteiger partial charge in [0.05, 0.1) is 6.61 Å². The number of aliphatic hydroxyl groups is 3. The van der Waals surface area contributed by atoms with Gasteiger partial charge in [-0.05, 0) is 6.42 Å². The van der Waals surface area contributed by atoms with Gasteiger partial charge in [0, 0.05) is 6.04 Å². The molecule has 0 radical (unpaired) electrons. The molecule has 0 saturated heterocycles. The molecular formula is C6H11NO4. The zero-order chi connectivity index (χ0) is 8.65. The molecular weight excluding hydrogens is 150 g/mol. The van der Waals surface area contributed by atoms with E-state index in [1.165, 1.54) is 0 Å². The van der Waals surface area contributed by atoms with Crippen LogP contribution in [0.15, 0.2) is 0 Å². The van der Waals surface area contributed by atoms with E-state index < -0.39 is 30.1 Å². The fraction of sp³-hybridized carbons (Fsp3) is 0.833. The zero-order valence-electron chi connectivity index (χ0n) is 5.90. The average molecular weight is 161 g/mol. The van der Waals surface area contributed by atoms with Crippen molar-refractivity contribution in [3.8, 4) is 0 Å². The SMILES string of the molecule is N[C@H]1CC(O)C(=O)[C@@]1(O)CO. The molecule has 64 valence electrons. The Labute approximate surface area is 63.4 Å². The van der Waals surface area contributed by atoms with Crippen molar-refractivity contribution in [1.82, 2.24) is 0 Å². The minimum atomic E-state index is -1.93. The summed E-state index contributed by atoms with van der Waals surface area (Å²) in [5.74, 6) is -0.785. The van der Waals surface area contributed by atoms with Crippen LogP contribution in [0.4, 0.5) is 0 Å². The fourth-order valence-electron chi connectivity index (χ4n) is 1.21. The van der Waals surface area contributed by atoms with Crippen molar-refractivity contribution < 1.29 is 20.1 Å². The predicted molar refractivity (Wildman–Crippen MR) is 35.6 cm³/mol. The van der Waals surface area contributed by atoms with Crippen LogP contribution in [0.2, 0.25) is 0 Å². The lowest BCUT2D eigenvalue weighted by molar-refractivity contribution is -0.143. The van der Waals surface area contributed by atoms with E-state index in [0.717, 1.165) is 0 Å². The first kappa shape index (κ1) is 8.61. The van der Waals surface area contributed by atoms with Crippen LogP contribution in [0.25, 0.3) is 0 Å². The average Bonchev–Trinajstić information content (AvgIpc) is 2.16. The number of hydrogen-bond acceptors (Lipinski definition) is 5. The Morgan fingerprint density at radius 2 is 2.27 bits per heavy atom. The van der Waals surface area contributed by atoms with Crippen molar-refractivity contribution in [3.05, 3.63) is 0 Å². The van der Waals surface area contributed by atoms with Gasteiger partial charge in [0.15, 0.2) is 11.4 Å². The van der Waals surface area contributed by atoms with E-state index in [9.17, 15) is 9.90 Å². The highest BCUT2D eigenvalue weighted by Crippen LogP contribution is 2.24. The highest BCUT2D eigenvalue weighted by Gasteiger charge is 2.51. The molecule has 0 aromatic carbocycles. The van der Waals surface area contributed by atoms with E-state index in [1.54, 1.807) is 0 Å². The van der Waals surface area contributed by atoms with Gasteiger partial charge in [0.25, 0.3) is 0 Å². The van der Waals surface area contributed by atoms with E-state index >= 15 is 0 Å². The number of rotatable bonds is 1. The van der Waals surface area contributed by atoms with Gasteiger partial charge < -0.3 is 21.1 Å². The van der Waals surface area contributed by atoms with Crippen LogP contribution in [0.5, 0.6) is 0 Å². The van der Waals surface area contributed by atoms with E-state index in [-0.39, 0.29) is 6.42 Å². The molecule has 3 atom stereocenters. The summed E-state index contributed by atoms with van der Waals surface area (Å²) in [4.78, 5) is 10.9. The maximum atomic E-state index is 10.9. The molecule has 0 amide bonds. The molecule has 11 heavy (non-hydrogen) atoms. The maximum absolute atomic E-state index is 10.9. The van der Waals surface area contributed by atoms with Crippen molar-refractivity contribution in [2.75, 3.05) is 6.61 Å². The lowest BCUT2D eigenvalue weighted by Gasteiger charge is -2.21. The standard InChI is InChI=1S/C6H11NO4/c7-4-1-3(9)5(10)6(4,11)2-8/h3-4,8-9,11H,1-2,7H2/t3?,4-,6+/m0/s1. The summed E-state index contributed by atoms with van der Waals surface area (Å²) >= 11 is 0. The molecule has 0 aromatic heterocycles. The summed E-state index contributed by atoms with van der Waals surface area (Å²) in [6, 6.07) is -0.866. The number of hydrogen-bond donors (Lipinski definition) is 4. The Bertz CT molecular complexity index is 183. The molecule has 5 nitrogen and oxygen atoms in total. The molecule has 0 spiro atoms. The van der Waals surface area contributed by atoms with Crippen molar-refractivity contribution in [3.63, 3.8) is 0 Å². The first-order valence-corrected chi connectivity index (χ1v) is 3.33. The second-order valence-corrected chi connectivity index (χ2v) is 2.80. The van der Waals surface area contributed by atoms with Gasteiger partial charge in [-0.25, -0.2) is 0 Å². The smallest absolute Gasteiger partial charge is 0.196 e. The topological polar surface area (TPSA) is 104 Å². The minimum Gasteiger partial charge on any atom is -0.393 e. The van der Waals surface area contributed by atoms with Gasteiger partial charge in [0.1, 0.15) is 6.10 Å². The number of ketones is 1. The molecule has 1 aliphatic carbocycles. The molecule has 1 unspecified atom stereocenters. The van der Waals surface area contributed by atoms with Crippen LogP contribution < -0.4 is 5.73 Å². The summed E-state index contributed by atoms with van der Waals surface area (Å²) in [7, 11) is 0. The second kappa shape index (κ2) is 2.53. The first-order valence-electron chi connectivity index (χ1n) is 3.33. The van der Waals surface area contributed by atoms with Gasteiger partial charge in [-0.1, -0.05) is 0 Å². The quantitative estimate of drug-likeness (QED) is 0.337. The molecule has 1 fully saturated rings. The van der Waals surface area contributed by atoms with E-state index in [1.807, 2.05) is 0 Å². The lowest BCUT2D eigenvalue weighted by atomic mass is 9.99. The highest BCUT2D eigenvalue weighted by molar-refractivity contribution is 5.94. The largest absolute Gasteiger partial charge is 0.393 e. The number of nitrogens with two attached hydrogens (primary N) is 1. The van der Waals surface area contributed by atoms with Crippen LogP contribution in [-0.4, -0.2) is 45.5 Å². The summed E-state index contributed by atoms with van der Waals surface area (Å²) in [5, 5.41) is 26.9. The third-order valence-electron chi connectivity index (χ3n) is 2.06. The van der Waals surface area contributed by atoms with Crippen molar-refractivity contribution in [1.29, 1.82) is 0 Å². The minimum absolute atomic E-state index is 0.00981. The fourth-order valence-corrected chi connectivity index (χ4v) is 1.21. The summed E-state index contributed by atoms with van der Waals surface area (Å²) in [5.41, 5.74) is 3.38. The Kier molecular flexibility index (Phi) is 1.98. The Hall–Kier alpha value is -0.490. The summed E-state index contributed by atoms with van der Waals surface area (Å²) in [6.07, 6.45) is -1.22. The highest BCUT2D eigenvalue weighted by atomic mass is 16.4. The van der Waals surface area contributed by atoms with E-state index in [0.29, 0.717) is 0 Å². The monoisotopic (exact) mass is 161 g/mol.